The quantitative estimate of drug-likeness (QED) is 0.535. The molecule has 0 fully saturated rings. The van der Waals surface area contributed by atoms with E-state index in [2.05, 4.69) is 10.5 Å². The predicted molar refractivity (Wildman–Crippen MR) is 85.8 cm³/mol. The van der Waals surface area contributed by atoms with Crippen molar-refractivity contribution >= 4 is 23.9 Å². The van der Waals surface area contributed by atoms with Crippen molar-refractivity contribution in [1.82, 2.24) is 5.43 Å². The fourth-order valence-electron chi connectivity index (χ4n) is 1.96. The van der Waals surface area contributed by atoms with Gasteiger partial charge in [0.25, 0.3) is 5.91 Å². The van der Waals surface area contributed by atoms with Gasteiger partial charge in [0.2, 0.25) is 6.79 Å². The highest BCUT2D eigenvalue weighted by Crippen LogP contribution is 2.32. The van der Waals surface area contributed by atoms with Gasteiger partial charge < -0.3 is 9.47 Å². The van der Waals surface area contributed by atoms with Gasteiger partial charge in [0.05, 0.1) is 6.21 Å². The Bertz CT molecular complexity index is 714. The smallest absolute Gasteiger partial charge is 0.271 e. The summed E-state index contributed by atoms with van der Waals surface area (Å²) in [5.41, 5.74) is 3.89. The number of hydrogen-bond acceptors (Lipinski definition) is 5. The molecule has 0 saturated heterocycles. The number of benzene rings is 2. The molecule has 3 rings (SSSR count). The zero-order valence-electron chi connectivity index (χ0n) is 11.9. The fraction of sp³-hybridized carbons (Fsp3) is 0.125. The Kier molecular flexibility index (Phi) is 4.29. The van der Waals surface area contributed by atoms with Gasteiger partial charge in [-0.1, -0.05) is 12.1 Å². The Balaban J connectivity index is 1.62. The van der Waals surface area contributed by atoms with E-state index < -0.39 is 0 Å². The van der Waals surface area contributed by atoms with Crippen molar-refractivity contribution in [2.45, 2.75) is 4.90 Å². The van der Waals surface area contributed by atoms with E-state index in [0.29, 0.717) is 17.1 Å². The third kappa shape index (κ3) is 3.23. The van der Waals surface area contributed by atoms with Crippen molar-refractivity contribution < 1.29 is 14.3 Å². The van der Waals surface area contributed by atoms with Crippen LogP contribution in [0, 0.1) is 0 Å². The van der Waals surface area contributed by atoms with Gasteiger partial charge in [-0.05, 0) is 42.2 Å². The number of thioether (sulfide) groups is 1. The summed E-state index contributed by atoms with van der Waals surface area (Å²) in [5, 5.41) is 3.96. The van der Waals surface area contributed by atoms with Gasteiger partial charge in [0, 0.05) is 10.5 Å². The summed E-state index contributed by atoms with van der Waals surface area (Å²) in [6, 6.07) is 12.9. The summed E-state index contributed by atoms with van der Waals surface area (Å²) in [6.45, 7) is 0.185. The van der Waals surface area contributed by atoms with Gasteiger partial charge in [-0.3, -0.25) is 4.79 Å². The number of rotatable bonds is 4. The standard InChI is InChI=1S/C16H14N2O3S/c1-22-13-5-2-11(3-6-13)9-17-18-16(19)12-4-7-14-15(8-12)21-10-20-14/h2-9H,10H2,1H3,(H,18,19)/b17-9-. The second-order valence-corrected chi connectivity index (χ2v) is 5.42. The van der Waals surface area contributed by atoms with E-state index in [1.807, 2.05) is 30.5 Å². The summed E-state index contributed by atoms with van der Waals surface area (Å²) in [6.07, 6.45) is 3.63. The lowest BCUT2D eigenvalue weighted by Crippen LogP contribution is -2.17. The van der Waals surface area contributed by atoms with Gasteiger partial charge in [-0.2, -0.15) is 5.10 Å². The molecule has 0 spiro atoms. The van der Waals surface area contributed by atoms with Gasteiger partial charge in [-0.15, -0.1) is 11.8 Å². The van der Waals surface area contributed by atoms with Crippen LogP contribution in [-0.2, 0) is 0 Å². The summed E-state index contributed by atoms with van der Waals surface area (Å²) in [4.78, 5) is 13.2. The van der Waals surface area contributed by atoms with E-state index in [4.69, 9.17) is 9.47 Å². The van der Waals surface area contributed by atoms with Crippen LogP contribution in [0.25, 0.3) is 0 Å². The molecule has 0 unspecified atom stereocenters. The normalized spacial score (nSPS) is 12.6. The van der Waals surface area contributed by atoms with Crippen LogP contribution in [0.4, 0.5) is 0 Å². The molecule has 0 saturated carbocycles. The van der Waals surface area contributed by atoms with E-state index >= 15 is 0 Å². The first kappa shape index (κ1) is 14.5. The maximum atomic E-state index is 12.0. The number of carbonyl (C=O) groups is 1. The summed E-state index contributed by atoms with van der Waals surface area (Å²) in [7, 11) is 0. The van der Waals surface area contributed by atoms with Crippen LogP contribution >= 0.6 is 11.8 Å². The zero-order chi connectivity index (χ0) is 15.4. The number of fused-ring (bicyclic) bond motifs is 1. The topological polar surface area (TPSA) is 59.9 Å². The maximum Gasteiger partial charge on any atom is 0.271 e. The molecule has 1 heterocycles. The summed E-state index contributed by atoms with van der Waals surface area (Å²) < 4.78 is 10.4. The largest absolute Gasteiger partial charge is 0.454 e. The number of ether oxygens (including phenoxy) is 2. The molecule has 2 aromatic rings. The highest BCUT2D eigenvalue weighted by Gasteiger charge is 2.15. The molecule has 5 nitrogen and oxygen atoms in total. The summed E-state index contributed by atoms with van der Waals surface area (Å²) in [5.74, 6) is 0.925. The van der Waals surface area contributed by atoms with Crippen molar-refractivity contribution in [2.24, 2.45) is 5.10 Å². The zero-order valence-corrected chi connectivity index (χ0v) is 12.7. The molecule has 112 valence electrons. The monoisotopic (exact) mass is 314 g/mol. The fourth-order valence-corrected chi connectivity index (χ4v) is 2.37. The molecule has 0 atom stereocenters. The van der Waals surface area contributed by atoms with Crippen molar-refractivity contribution in [3.63, 3.8) is 0 Å². The Hall–Kier alpha value is -2.47. The second kappa shape index (κ2) is 6.53. The Morgan fingerprint density at radius 1 is 1.18 bits per heavy atom. The number of nitrogens with one attached hydrogen (secondary N) is 1. The molecule has 1 aliphatic heterocycles. The lowest BCUT2D eigenvalue weighted by atomic mass is 10.2. The number of hydrazone groups is 1. The Morgan fingerprint density at radius 3 is 2.73 bits per heavy atom. The third-order valence-electron chi connectivity index (χ3n) is 3.13. The van der Waals surface area contributed by atoms with Crippen LogP contribution < -0.4 is 14.9 Å². The molecule has 0 radical (unpaired) electrons. The molecule has 1 N–H and O–H groups in total. The molecule has 0 bridgehead atoms. The van der Waals surface area contributed by atoms with Crippen molar-refractivity contribution in [1.29, 1.82) is 0 Å². The molecule has 1 amide bonds. The highest BCUT2D eigenvalue weighted by atomic mass is 32.2. The number of amides is 1. The predicted octanol–water partition coefficient (Wildman–Crippen LogP) is 2.90. The third-order valence-corrected chi connectivity index (χ3v) is 3.87. The summed E-state index contributed by atoms with van der Waals surface area (Å²) >= 11 is 1.68. The van der Waals surface area contributed by atoms with Gasteiger partial charge in [-0.25, -0.2) is 5.43 Å². The van der Waals surface area contributed by atoms with E-state index in [1.165, 1.54) is 4.90 Å². The van der Waals surface area contributed by atoms with Crippen LogP contribution in [0.3, 0.4) is 0 Å². The number of hydrogen-bond donors (Lipinski definition) is 1. The Labute approximate surface area is 132 Å². The van der Waals surface area contributed by atoms with Gasteiger partial charge >= 0.3 is 0 Å². The van der Waals surface area contributed by atoms with Crippen LogP contribution in [0.2, 0.25) is 0 Å². The molecule has 22 heavy (non-hydrogen) atoms. The molecular weight excluding hydrogens is 300 g/mol. The van der Waals surface area contributed by atoms with Gasteiger partial charge in [0.1, 0.15) is 0 Å². The molecular formula is C16H14N2O3S. The Morgan fingerprint density at radius 2 is 1.95 bits per heavy atom. The number of carbonyl (C=O) groups excluding carboxylic acids is 1. The van der Waals surface area contributed by atoms with Gasteiger partial charge in [0.15, 0.2) is 11.5 Å². The lowest BCUT2D eigenvalue weighted by molar-refractivity contribution is 0.0954. The van der Waals surface area contributed by atoms with Crippen LogP contribution in [0.1, 0.15) is 15.9 Å². The second-order valence-electron chi connectivity index (χ2n) is 4.54. The molecule has 0 aliphatic carbocycles. The van der Waals surface area contributed by atoms with E-state index in [-0.39, 0.29) is 12.7 Å². The molecule has 0 aromatic heterocycles. The van der Waals surface area contributed by atoms with E-state index in [9.17, 15) is 4.79 Å². The van der Waals surface area contributed by atoms with Crippen LogP contribution in [0.15, 0.2) is 52.5 Å². The molecule has 1 aliphatic rings. The average Bonchev–Trinajstić information content (AvgIpc) is 3.03. The highest BCUT2D eigenvalue weighted by molar-refractivity contribution is 7.98. The van der Waals surface area contributed by atoms with Crippen LogP contribution in [0.5, 0.6) is 11.5 Å². The molecule has 2 aromatic carbocycles. The SMILES string of the molecule is CSc1ccc(/C=N\NC(=O)c2ccc3c(c2)OCO3)cc1. The van der Waals surface area contributed by atoms with E-state index in [1.54, 1.807) is 36.2 Å². The average molecular weight is 314 g/mol. The number of nitrogens with zero attached hydrogens (tertiary/aromatic N) is 1. The minimum atomic E-state index is -0.296. The van der Waals surface area contributed by atoms with Crippen molar-refractivity contribution in [3.05, 3.63) is 53.6 Å². The maximum absolute atomic E-state index is 12.0. The first-order valence-corrected chi connectivity index (χ1v) is 7.86. The first-order valence-electron chi connectivity index (χ1n) is 6.63. The van der Waals surface area contributed by atoms with Crippen molar-refractivity contribution in [3.8, 4) is 11.5 Å². The van der Waals surface area contributed by atoms with Crippen molar-refractivity contribution in [2.75, 3.05) is 13.0 Å². The van der Waals surface area contributed by atoms with Crippen LogP contribution in [-0.4, -0.2) is 25.2 Å². The minimum absolute atomic E-state index is 0.185. The lowest BCUT2D eigenvalue weighted by Gasteiger charge is -2.01. The molecule has 6 heteroatoms. The van der Waals surface area contributed by atoms with E-state index in [0.717, 1.165) is 5.56 Å². The first-order chi connectivity index (χ1) is 10.8. The minimum Gasteiger partial charge on any atom is -0.454 e.